The van der Waals surface area contributed by atoms with E-state index in [1.54, 1.807) is 25.3 Å². The second-order valence-corrected chi connectivity index (χ2v) is 14.0. The summed E-state index contributed by atoms with van der Waals surface area (Å²) in [5, 5.41) is 33.5. The van der Waals surface area contributed by atoms with Gasteiger partial charge in [0.05, 0.1) is 17.7 Å². The maximum atomic E-state index is 13.8. The molecule has 19 heteroatoms. The molecule has 3 atom stereocenters. The molecule has 2 unspecified atom stereocenters. The fourth-order valence-corrected chi connectivity index (χ4v) is 7.89. The molecule has 0 radical (unpaired) electrons. The van der Waals surface area contributed by atoms with Gasteiger partial charge in [-0.3, -0.25) is 24.1 Å². The average Bonchev–Trinajstić information content (AvgIpc) is 3.54. The molecule has 1 aromatic carbocycles. The largest absolute Gasteiger partial charge is 0.477 e. The molecule has 2 aliphatic rings. The fourth-order valence-electron chi connectivity index (χ4n) is 5.11. The maximum Gasteiger partial charge on any atom is 0.353 e. The third-order valence-corrected chi connectivity index (χ3v) is 10.8. The molecule has 15 nitrogen and oxygen atoms in total. The minimum atomic E-state index is -1.39. The smallest absolute Gasteiger partial charge is 0.353 e. The monoisotopic (exact) mass is 724 g/mol. The first kappa shape index (κ1) is 33.3. The second-order valence-electron chi connectivity index (χ2n) is 10.4. The molecule has 2 aliphatic heterocycles. The number of thioether (sulfide) groups is 2. The van der Waals surface area contributed by atoms with E-state index in [1.807, 2.05) is 0 Å². The van der Waals surface area contributed by atoms with Gasteiger partial charge in [0.2, 0.25) is 11.3 Å². The van der Waals surface area contributed by atoms with Gasteiger partial charge in [-0.25, -0.2) is 14.8 Å². The molecule has 0 saturated carbocycles. The number of rotatable bonds is 10. The van der Waals surface area contributed by atoms with Gasteiger partial charge in [-0.15, -0.1) is 33.7 Å². The normalized spacial score (nSPS) is 17.8. The van der Waals surface area contributed by atoms with Crippen molar-refractivity contribution in [2.24, 2.45) is 0 Å². The van der Waals surface area contributed by atoms with Gasteiger partial charge in [-0.1, -0.05) is 47.8 Å². The highest BCUT2D eigenvalue weighted by atomic mass is 32.2. The third-order valence-electron chi connectivity index (χ3n) is 7.51. The zero-order valence-electron chi connectivity index (χ0n) is 24.9. The summed E-state index contributed by atoms with van der Waals surface area (Å²) in [6, 6.07) is 3.65. The van der Waals surface area contributed by atoms with Crippen molar-refractivity contribution in [3.63, 3.8) is 0 Å². The summed E-state index contributed by atoms with van der Waals surface area (Å²) < 4.78 is 0. The highest BCUT2D eigenvalue weighted by Gasteiger charge is 2.55. The number of aliphatic hydroxyl groups is 1. The lowest BCUT2D eigenvalue weighted by atomic mass is 9.99. The Morgan fingerprint density at radius 2 is 1.96 bits per heavy atom. The second kappa shape index (κ2) is 13.5. The molecule has 4 aromatic rings. The molecule has 246 valence electrons. The van der Waals surface area contributed by atoms with Crippen LogP contribution in [-0.2, 0) is 21.0 Å². The van der Waals surface area contributed by atoms with E-state index in [0.29, 0.717) is 26.2 Å². The third kappa shape index (κ3) is 6.10. The molecule has 0 aliphatic carbocycles. The van der Waals surface area contributed by atoms with Gasteiger partial charge >= 0.3 is 5.97 Å². The summed E-state index contributed by atoms with van der Waals surface area (Å²) in [6.45, 7) is 1.48. The van der Waals surface area contributed by atoms with Crippen LogP contribution in [0.25, 0.3) is 11.2 Å². The molecule has 5 N–H and O–H groups in total. The number of aliphatic carboxylic acids is 1. The van der Waals surface area contributed by atoms with Gasteiger partial charge in [0.1, 0.15) is 38.8 Å². The number of carboxylic acids is 1. The van der Waals surface area contributed by atoms with Gasteiger partial charge in [-0.05, 0) is 24.3 Å². The number of H-pyrrole nitrogens is 1. The van der Waals surface area contributed by atoms with Crippen LogP contribution in [0.1, 0.15) is 37.5 Å². The number of carboxylic acid groups (broad SMARTS) is 1. The van der Waals surface area contributed by atoms with Gasteiger partial charge in [0.15, 0.2) is 16.2 Å². The fraction of sp³-hybridized carbons (Fsp3) is 0.241. The molecule has 5 heterocycles. The Bertz CT molecular complexity index is 2100. The number of nitrogens with one attached hydrogen (secondary N) is 3. The van der Waals surface area contributed by atoms with Crippen molar-refractivity contribution in [2.75, 3.05) is 12.0 Å². The first-order valence-corrected chi connectivity index (χ1v) is 17.5. The lowest BCUT2D eigenvalue weighted by Gasteiger charge is -2.49. The lowest BCUT2D eigenvalue weighted by Crippen LogP contribution is -2.71. The molecule has 3 aromatic heterocycles. The van der Waals surface area contributed by atoms with Crippen molar-refractivity contribution in [1.29, 1.82) is 0 Å². The van der Waals surface area contributed by atoms with Crippen molar-refractivity contribution in [3.05, 3.63) is 84.9 Å². The number of carbonyl (C=O) groups is 4. The number of amides is 3. The van der Waals surface area contributed by atoms with E-state index in [-0.39, 0.29) is 45.2 Å². The van der Waals surface area contributed by atoms with E-state index < -0.39 is 46.6 Å². The Morgan fingerprint density at radius 3 is 2.60 bits per heavy atom. The molecule has 1 saturated heterocycles. The first-order valence-electron chi connectivity index (χ1n) is 14.0. The molecule has 48 heavy (non-hydrogen) atoms. The summed E-state index contributed by atoms with van der Waals surface area (Å²) in [5.41, 5.74) is -0.101. The maximum absolute atomic E-state index is 13.8. The highest BCUT2D eigenvalue weighted by molar-refractivity contribution is 8.00. The number of hydrogen-bond donors (Lipinski definition) is 5. The molecule has 0 spiro atoms. The number of nitrogens with zero attached hydrogens (tertiary/aromatic N) is 5. The van der Waals surface area contributed by atoms with Crippen molar-refractivity contribution < 1.29 is 29.4 Å². The Morgan fingerprint density at radius 1 is 1.21 bits per heavy atom. The number of hydrogen-bond acceptors (Lipinski definition) is 14. The van der Waals surface area contributed by atoms with Gasteiger partial charge < -0.3 is 25.8 Å². The zero-order chi connectivity index (χ0) is 34.3. The number of aryl methyl sites for hydroxylation is 1. The average molecular weight is 725 g/mol. The van der Waals surface area contributed by atoms with Gasteiger partial charge in [-0.2, -0.15) is 0 Å². The summed E-state index contributed by atoms with van der Waals surface area (Å²) in [4.78, 5) is 78.7. The molecular weight excluding hydrogens is 701 g/mol. The number of aliphatic hydroxyl groups excluding tert-OH is 1. The minimum Gasteiger partial charge on any atom is -0.477 e. The van der Waals surface area contributed by atoms with Crippen LogP contribution in [0.3, 0.4) is 0 Å². The van der Waals surface area contributed by atoms with Crippen LogP contribution in [0, 0.1) is 6.92 Å². The number of carbonyl (C=O) groups excluding carboxylic acids is 3. The molecule has 3 amide bonds. The van der Waals surface area contributed by atoms with Crippen molar-refractivity contribution in [1.82, 2.24) is 40.7 Å². The molecular formula is C29H24N8O7S4. The van der Waals surface area contributed by atoms with Crippen LogP contribution in [0.4, 0.5) is 0 Å². The van der Waals surface area contributed by atoms with Crippen LogP contribution >= 0.6 is 47.1 Å². The van der Waals surface area contributed by atoms with Gasteiger partial charge in [0, 0.05) is 17.5 Å². The predicted octanol–water partition coefficient (Wildman–Crippen LogP) is 1.32. The van der Waals surface area contributed by atoms with Crippen molar-refractivity contribution in [2.45, 2.75) is 36.0 Å². The molecule has 1 fully saturated rings. The summed E-state index contributed by atoms with van der Waals surface area (Å²) >= 11 is 9.26. The van der Waals surface area contributed by atoms with E-state index in [1.165, 1.54) is 59.4 Å². The lowest BCUT2D eigenvalue weighted by molar-refractivity contribution is -0.150. The SMILES string of the molecule is CSc1cnc2c(=O)c(C(=O)NC(C(=O)NC3C(=O)N4C(C(=O)O)=C(C(=S)c5nnc(C)s5)CS[C@@H]34)c3ccc(CO)cc3)c[nH]c2n1. The quantitative estimate of drug-likeness (QED) is 0.0674. The Balaban J connectivity index is 1.26. The first-order chi connectivity index (χ1) is 23.0. The van der Waals surface area contributed by atoms with Crippen LogP contribution in [-0.4, -0.2) is 92.2 Å². The number of β-lactam (4-membered cyclic amide) rings is 1. The number of benzene rings is 1. The summed E-state index contributed by atoms with van der Waals surface area (Å²) in [7, 11) is 0. The van der Waals surface area contributed by atoms with E-state index in [0.717, 1.165) is 4.90 Å². The number of aromatic nitrogens is 5. The van der Waals surface area contributed by atoms with Crippen molar-refractivity contribution >= 4 is 86.8 Å². The molecule has 6 rings (SSSR count). The van der Waals surface area contributed by atoms with Crippen LogP contribution < -0.4 is 16.1 Å². The Labute approximate surface area is 288 Å². The number of fused-ring (bicyclic) bond motifs is 2. The Kier molecular flexibility index (Phi) is 9.39. The van der Waals surface area contributed by atoms with E-state index >= 15 is 0 Å². The highest BCUT2D eigenvalue weighted by Crippen LogP contribution is 2.41. The van der Waals surface area contributed by atoms with Crippen molar-refractivity contribution in [3.8, 4) is 0 Å². The van der Waals surface area contributed by atoms with Gasteiger partial charge in [0.25, 0.3) is 11.8 Å². The number of aromatic amines is 1. The summed E-state index contributed by atoms with van der Waals surface area (Å²) in [5.74, 6) is -3.58. The van der Waals surface area contributed by atoms with E-state index in [4.69, 9.17) is 12.2 Å². The minimum absolute atomic E-state index is 0.0642. The standard InChI is InChI=1S/C29H24N8O7S4/c1-11-35-36-26(48-11)22(45)15-10-47-28-19(27(42)37(28)20(15)29(43)44)34-25(41)17(13-5-3-12(9-38)4-6-13)33-24(40)14-7-31-23-18(21(14)39)30-8-16(32-23)46-2/h3-8,17,19,28,38H,9-10H2,1-2H3,(H,33,40)(H,34,41)(H,43,44)(H,31,32,39)/t17?,19?,28-/m0/s1. The Hall–Kier alpha value is -4.56. The van der Waals surface area contributed by atoms with Crippen LogP contribution in [0.5, 0.6) is 0 Å². The topological polar surface area (TPSA) is 220 Å². The van der Waals surface area contributed by atoms with E-state index in [2.05, 4.69) is 35.8 Å². The van der Waals surface area contributed by atoms with E-state index in [9.17, 15) is 34.2 Å². The zero-order valence-corrected chi connectivity index (χ0v) is 28.2. The van der Waals surface area contributed by atoms with Crippen LogP contribution in [0.15, 0.2) is 57.7 Å². The van der Waals surface area contributed by atoms with Crippen LogP contribution in [0.2, 0.25) is 0 Å². The molecule has 0 bridgehead atoms. The summed E-state index contributed by atoms with van der Waals surface area (Å²) in [6.07, 6.45) is 4.38. The number of pyridine rings is 1. The number of thiocarbonyl (C=S) groups is 1. The predicted molar refractivity (Wildman–Crippen MR) is 181 cm³/mol.